The number of anilines is 1. The normalized spacial score (nSPS) is 11.2. The first-order chi connectivity index (χ1) is 17.2. The lowest BCUT2D eigenvalue weighted by atomic mass is 10.1. The highest BCUT2D eigenvalue weighted by atomic mass is 16.2. The van der Waals surface area contributed by atoms with Gasteiger partial charge in [-0.25, -0.2) is 9.67 Å². The zero-order chi connectivity index (χ0) is 23.8. The second kappa shape index (κ2) is 8.42. The van der Waals surface area contributed by atoms with Crippen molar-refractivity contribution >= 4 is 33.5 Å². The van der Waals surface area contributed by atoms with Gasteiger partial charge < -0.3 is 14.9 Å². The van der Waals surface area contributed by atoms with Crippen molar-refractivity contribution < 1.29 is 4.79 Å². The highest BCUT2D eigenvalue weighted by Crippen LogP contribution is 2.29. The molecule has 0 saturated carbocycles. The van der Waals surface area contributed by atoms with E-state index in [-0.39, 0.29) is 18.0 Å². The minimum Gasteiger partial charge on any atom is -0.331 e. The van der Waals surface area contributed by atoms with Crippen LogP contribution in [0.3, 0.4) is 0 Å². The van der Waals surface area contributed by atoms with Crippen LogP contribution in [0.25, 0.3) is 38.9 Å². The van der Waals surface area contributed by atoms with Crippen molar-refractivity contribution in [2.24, 2.45) is 0 Å². The van der Waals surface area contributed by atoms with E-state index in [2.05, 4.69) is 26.4 Å². The Hall–Kier alpha value is -4.98. The Labute approximate surface area is 199 Å². The summed E-state index contributed by atoms with van der Waals surface area (Å²) in [6.45, 7) is 0.129. The molecule has 0 unspecified atom stereocenters. The quantitative estimate of drug-likeness (QED) is 0.399. The molecule has 8 nitrogen and oxygen atoms in total. The van der Waals surface area contributed by atoms with Crippen molar-refractivity contribution in [1.29, 1.82) is 0 Å². The second-order valence-electron chi connectivity index (χ2n) is 8.13. The summed E-state index contributed by atoms with van der Waals surface area (Å²) < 4.78 is 3.58. The molecule has 0 fully saturated rings. The average Bonchev–Trinajstić information content (AvgIpc) is 3.48. The van der Waals surface area contributed by atoms with Crippen molar-refractivity contribution in [3.8, 4) is 16.9 Å². The van der Waals surface area contributed by atoms with Gasteiger partial charge in [-0.05, 0) is 29.8 Å². The number of carbonyl (C=O) groups is 1. The maximum absolute atomic E-state index is 13.3. The summed E-state index contributed by atoms with van der Waals surface area (Å²) in [6.07, 6.45) is 2.81. The Morgan fingerprint density at radius 1 is 0.943 bits per heavy atom. The molecule has 2 N–H and O–H groups in total. The summed E-state index contributed by atoms with van der Waals surface area (Å²) in [6, 6.07) is 27.5. The number of hydrogen-bond donors (Lipinski definition) is 2. The van der Waals surface area contributed by atoms with E-state index in [1.807, 2.05) is 77.4 Å². The van der Waals surface area contributed by atoms with E-state index in [9.17, 15) is 9.59 Å². The number of amides is 1. The molecule has 0 aliphatic rings. The van der Waals surface area contributed by atoms with Gasteiger partial charge in [0.15, 0.2) is 5.65 Å². The molecule has 35 heavy (non-hydrogen) atoms. The van der Waals surface area contributed by atoms with E-state index in [4.69, 9.17) is 0 Å². The van der Waals surface area contributed by atoms with Gasteiger partial charge in [0.2, 0.25) is 5.91 Å². The lowest BCUT2D eigenvalue weighted by Crippen LogP contribution is -2.20. The maximum Gasteiger partial charge on any atom is 0.261 e. The van der Waals surface area contributed by atoms with Gasteiger partial charge in [-0.3, -0.25) is 9.59 Å². The summed E-state index contributed by atoms with van der Waals surface area (Å²) in [7, 11) is 0. The second-order valence-corrected chi connectivity index (χ2v) is 8.13. The monoisotopic (exact) mass is 460 g/mol. The average molecular weight is 460 g/mol. The number of aromatic nitrogens is 5. The van der Waals surface area contributed by atoms with Crippen molar-refractivity contribution in [3.63, 3.8) is 0 Å². The van der Waals surface area contributed by atoms with Crippen molar-refractivity contribution in [3.05, 3.63) is 108 Å². The lowest BCUT2D eigenvalue weighted by Gasteiger charge is -2.14. The van der Waals surface area contributed by atoms with Gasteiger partial charge >= 0.3 is 0 Å². The number of benzene rings is 3. The van der Waals surface area contributed by atoms with Crippen molar-refractivity contribution in [1.82, 2.24) is 24.3 Å². The minimum atomic E-state index is -0.268. The van der Waals surface area contributed by atoms with E-state index in [0.717, 1.165) is 22.2 Å². The number of para-hydroxylation sites is 3. The highest BCUT2D eigenvalue weighted by molar-refractivity contribution is 5.96. The molecule has 0 spiro atoms. The molecule has 1 amide bonds. The number of H-pyrrole nitrogens is 1. The Kier molecular flexibility index (Phi) is 4.96. The van der Waals surface area contributed by atoms with Crippen LogP contribution in [-0.2, 0) is 11.3 Å². The smallest absolute Gasteiger partial charge is 0.261 e. The predicted molar refractivity (Wildman–Crippen MR) is 135 cm³/mol. The summed E-state index contributed by atoms with van der Waals surface area (Å²) in [5.74, 6) is -0.182. The number of aromatic amines is 1. The number of hydrogen-bond acceptors (Lipinski definition) is 4. The third-order valence-corrected chi connectivity index (χ3v) is 5.96. The molecule has 0 aliphatic heterocycles. The molecule has 170 valence electrons. The molecule has 0 saturated heterocycles. The fourth-order valence-electron chi connectivity index (χ4n) is 4.36. The highest BCUT2D eigenvalue weighted by Gasteiger charge is 2.16. The molecule has 0 bridgehead atoms. The third-order valence-electron chi connectivity index (χ3n) is 5.96. The molecular weight excluding hydrogens is 440 g/mol. The summed E-state index contributed by atoms with van der Waals surface area (Å²) >= 11 is 0. The first kappa shape index (κ1) is 20.6. The van der Waals surface area contributed by atoms with Crippen LogP contribution in [0.4, 0.5) is 5.69 Å². The van der Waals surface area contributed by atoms with Crippen LogP contribution in [0, 0.1) is 0 Å². The lowest BCUT2D eigenvalue weighted by molar-refractivity contribution is -0.116. The molecule has 3 aromatic carbocycles. The van der Waals surface area contributed by atoms with Gasteiger partial charge in [-0.1, -0.05) is 60.7 Å². The van der Waals surface area contributed by atoms with Crippen LogP contribution in [0.15, 0.2) is 102 Å². The van der Waals surface area contributed by atoms with Gasteiger partial charge in [0, 0.05) is 16.6 Å². The molecule has 3 aromatic heterocycles. The molecule has 6 aromatic rings. The molecular formula is C27H20N6O2. The fraction of sp³-hybridized carbons (Fsp3) is 0.0370. The zero-order valence-electron chi connectivity index (χ0n) is 18.6. The molecule has 0 aliphatic carbocycles. The number of fused-ring (bicyclic) bond motifs is 2. The van der Waals surface area contributed by atoms with Crippen molar-refractivity contribution in [2.75, 3.05) is 5.32 Å². The Morgan fingerprint density at radius 3 is 2.60 bits per heavy atom. The van der Waals surface area contributed by atoms with E-state index in [0.29, 0.717) is 22.4 Å². The maximum atomic E-state index is 13.3. The minimum absolute atomic E-state index is 0.129. The van der Waals surface area contributed by atoms with Crippen LogP contribution in [0.1, 0.15) is 0 Å². The summed E-state index contributed by atoms with van der Waals surface area (Å²) in [4.78, 5) is 32.2. The molecule has 6 rings (SSSR count). The summed E-state index contributed by atoms with van der Waals surface area (Å²) in [5, 5.41) is 8.81. The SMILES string of the molecule is O=C(Cn1c(-c2ccccc2)cc2ccccc21)Nc1ccccc1-n1ncc2c(=O)[nH]cnc21. The number of carbonyl (C=O) groups excluding carboxylic acids is 1. The van der Waals surface area contributed by atoms with Gasteiger partial charge in [-0.2, -0.15) is 5.10 Å². The van der Waals surface area contributed by atoms with E-state index >= 15 is 0 Å². The molecule has 8 heteroatoms. The van der Waals surface area contributed by atoms with Gasteiger partial charge in [0.1, 0.15) is 11.9 Å². The van der Waals surface area contributed by atoms with E-state index < -0.39 is 0 Å². The van der Waals surface area contributed by atoms with Crippen LogP contribution < -0.4 is 10.9 Å². The Balaban J connectivity index is 1.37. The fourth-order valence-corrected chi connectivity index (χ4v) is 4.36. The standard InChI is InChI=1S/C27H20N6O2/c34-25(16-32-22-12-6-4-10-19(22)14-24(32)18-8-2-1-3-9-18)31-21-11-5-7-13-23(21)33-26-20(15-30-33)27(35)29-17-28-26/h1-15,17H,16H2,(H,31,34)(H,28,29,35). The zero-order valence-corrected chi connectivity index (χ0v) is 18.6. The van der Waals surface area contributed by atoms with Gasteiger partial charge in [0.25, 0.3) is 5.56 Å². The van der Waals surface area contributed by atoms with E-state index in [1.165, 1.54) is 12.5 Å². The third kappa shape index (κ3) is 3.67. The first-order valence-electron chi connectivity index (χ1n) is 11.1. The summed E-state index contributed by atoms with van der Waals surface area (Å²) in [5.41, 5.74) is 4.33. The predicted octanol–water partition coefficient (Wildman–Crippen LogP) is 4.37. The van der Waals surface area contributed by atoms with Crippen LogP contribution >= 0.6 is 0 Å². The van der Waals surface area contributed by atoms with Gasteiger partial charge in [0.05, 0.1) is 23.9 Å². The van der Waals surface area contributed by atoms with Crippen LogP contribution in [0.5, 0.6) is 0 Å². The topological polar surface area (TPSA) is 97.6 Å². The Bertz CT molecular complexity index is 1750. The molecule has 0 radical (unpaired) electrons. The first-order valence-corrected chi connectivity index (χ1v) is 11.1. The number of rotatable bonds is 5. The molecule has 3 heterocycles. The van der Waals surface area contributed by atoms with E-state index in [1.54, 1.807) is 10.7 Å². The Morgan fingerprint density at radius 2 is 1.71 bits per heavy atom. The van der Waals surface area contributed by atoms with Crippen LogP contribution in [-0.4, -0.2) is 30.2 Å². The number of nitrogens with one attached hydrogen (secondary N) is 2. The number of nitrogens with zero attached hydrogens (tertiary/aromatic N) is 4. The molecule has 0 atom stereocenters. The van der Waals surface area contributed by atoms with Crippen LogP contribution in [0.2, 0.25) is 0 Å². The van der Waals surface area contributed by atoms with Gasteiger partial charge in [-0.15, -0.1) is 0 Å². The van der Waals surface area contributed by atoms with Crippen molar-refractivity contribution in [2.45, 2.75) is 6.54 Å². The largest absolute Gasteiger partial charge is 0.331 e.